The first-order valence-electron chi connectivity index (χ1n) is 12.0. The minimum atomic E-state index is -0.822. The minimum absolute atomic E-state index is 0.0274. The van der Waals surface area contributed by atoms with Gasteiger partial charge in [-0.2, -0.15) is 0 Å². The van der Waals surface area contributed by atoms with Crippen LogP contribution >= 0.6 is 0 Å². The highest BCUT2D eigenvalue weighted by atomic mass is 16.2. The second-order valence-corrected chi connectivity index (χ2v) is 9.19. The van der Waals surface area contributed by atoms with E-state index in [4.69, 9.17) is 0 Å². The molecule has 2 fully saturated rings. The molecule has 1 aliphatic carbocycles. The lowest BCUT2D eigenvalue weighted by molar-refractivity contribution is -0.123. The van der Waals surface area contributed by atoms with Crippen molar-refractivity contribution in [3.05, 3.63) is 59.7 Å². The summed E-state index contributed by atoms with van der Waals surface area (Å²) in [7, 11) is 0. The van der Waals surface area contributed by atoms with Crippen molar-refractivity contribution < 1.29 is 19.2 Å². The lowest BCUT2D eigenvalue weighted by atomic mass is 10.00. The summed E-state index contributed by atoms with van der Waals surface area (Å²) in [4.78, 5) is 54.6. The summed E-state index contributed by atoms with van der Waals surface area (Å²) in [6.07, 6.45) is 5.89. The van der Waals surface area contributed by atoms with Gasteiger partial charge in [0.1, 0.15) is 6.04 Å². The van der Waals surface area contributed by atoms with E-state index in [1.54, 1.807) is 35.2 Å². The first-order valence-corrected chi connectivity index (χ1v) is 12.0. The lowest BCUT2D eigenvalue weighted by Gasteiger charge is -2.35. The number of rotatable bonds is 5. The molecule has 34 heavy (non-hydrogen) atoms. The Labute approximate surface area is 200 Å². The Hall–Kier alpha value is -3.48. The summed E-state index contributed by atoms with van der Waals surface area (Å²) < 4.78 is 0. The molecule has 0 aromatic heterocycles. The van der Waals surface area contributed by atoms with E-state index in [-0.39, 0.29) is 36.1 Å². The Balaban J connectivity index is 1.65. The molecule has 1 saturated carbocycles. The van der Waals surface area contributed by atoms with Crippen LogP contribution in [0, 0.1) is 6.92 Å². The van der Waals surface area contributed by atoms with Crippen LogP contribution in [0.2, 0.25) is 0 Å². The number of nitrogens with zero attached hydrogens (tertiary/aromatic N) is 2. The van der Waals surface area contributed by atoms with Crippen molar-refractivity contribution in [2.45, 2.75) is 70.9 Å². The monoisotopic (exact) mass is 461 g/mol. The third kappa shape index (κ3) is 4.88. The van der Waals surface area contributed by atoms with Crippen molar-refractivity contribution in [3.63, 3.8) is 0 Å². The molecule has 7 heteroatoms. The second-order valence-electron chi connectivity index (χ2n) is 9.19. The highest BCUT2D eigenvalue weighted by Gasteiger charge is 2.46. The summed E-state index contributed by atoms with van der Waals surface area (Å²) >= 11 is 0. The molecule has 1 heterocycles. The Bertz CT molecular complexity index is 1090. The molecule has 2 aromatic rings. The van der Waals surface area contributed by atoms with E-state index in [1.165, 1.54) is 11.8 Å². The molecular weight excluding hydrogens is 430 g/mol. The van der Waals surface area contributed by atoms with Gasteiger partial charge in [0.05, 0.1) is 12.1 Å². The molecule has 1 atom stereocenters. The number of nitrogens with one attached hydrogen (secondary N) is 1. The van der Waals surface area contributed by atoms with Crippen molar-refractivity contribution in [2.24, 2.45) is 0 Å². The predicted molar refractivity (Wildman–Crippen MR) is 130 cm³/mol. The maximum absolute atomic E-state index is 13.8. The molecule has 1 saturated heterocycles. The van der Waals surface area contributed by atoms with Gasteiger partial charge in [-0.25, -0.2) is 4.90 Å². The standard InChI is InChI=1S/C27H31N3O4/c1-18-9-7-8-12-23(18)26(33)29(21-10-5-3-4-6-11-21)24-17-25(32)30(27(24)34)22-15-13-20(14-16-22)28-19(2)31/h7-9,12-16,21,24H,3-6,10-11,17H2,1-2H3,(H,28,31). The van der Waals surface area contributed by atoms with Gasteiger partial charge in [0.2, 0.25) is 11.8 Å². The van der Waals surface area contributed by atoms with Gasteiger partial charge in [-0.3, -0.25) is 19.2 Å². The zero-order valence-electron chi connectivity index (χ0n) is 19.8. The third-order valence-electron chi connectivity index (χ3n) is 6.73. The number of carbonyl (C=O) groups is 4. The molecule has 0 bridgehead atoms. The van der Waals surface area contributed by atoms with E-state index in [2.05, 4.69) is 5.32 Å². The number of benzene rings is 2. The van der Waals surface area contributed by atoms with Crippen LogP contribution in [0.5, 0.6) is 0 Å². The topological polar surface area (TPSA) is 86.8 Å². The number of anilines is 2. The first kappa shape index (κ1) is 23.7. The fourth-order valence-corrected chi connectivity index (χ4v) is 5.05. The maximum atomic E-state index is 13.8. The smallest absolute Gasteiger partial charge is 0.257 e. The zero-order valence-corrected chi connectivity index (χ0v) is 19.8. The van der Waals surface area contributed by atoms with E-state index in [0.717, 1.165) is 44.1 Å². The number of hydrogen-bond donors (Lipinski definition) is 1. The zero-order chi connectivity index (χ0) is 24.2. The predicted octanol–water partition coefficient (Wildman–Crippen LogP) is 4.45. The quantitative estimate of drug-likeness (QED) is 0.526. The molecule has 4 rings (SSSR count). The van der Waals surface area contributed by atoms with Gasteiger partial charge in [0, 0.05) is 24.2 Å². The van der Waals surface area contributed by atoms with Gasteiger partial charge in [-0.05, 0) is 55.7 Å². The molecular formula is C27H31N3O4. The van der Waals surface area contributed by atoms with E-state index < -0.39 is 6.04 Å². The van der Waals surface area contributed by atoms with Crippen LogP contribution in [0.15, 0.2) is 48.5 Å². The Morgan fingerprint density at radius 2 is 1.59 bits per heavy atom. The van der Waals surface area contributed by atoms with Crippen molar-refractivity contribution in [1.82, 2.24) is 4.90 Å². The van der Waals surface area contributed by atoms with Crippen molar-refractivity contribution in [2.75, 3.05) is 10.2 Å². The number of imide groups is 1. The van der Waals surface area contributed by atoms with Gasteiger partial charge in [0.25, 0.3) is 11.8 Å². The van der Waals surface area contributed by atoms with Crippen LogP contribution in [0.3, 0.4) is 0 Å². The van der Waals surface area contributed by atoms with Crippen LogP contribution in [0.25, 0.3) is 0 Å². The fourth-order valence-electron chi connectivity index (χ4n) is 5.05. The minimum Gasteiger partial charge on any atom is -0.326 e. The third-order valence-corrected chi connectivity index (χ3v) is 6.73. The van der Waals surface area contributed by atoms with Gasteiger partial charge in [-0.1, -0.05) is 43.9 Å². The normalized spacial score (nSPS) is 19.1. The Kier molecular flexibility index (Phi) is 7.10. The SMILES string of the molecule is CC(=O)Nc1ccc(N2C(=O)CC(N(C(=O)c3ccccc3C)C3CCCCCC3)C2=O)cc1. The van der Waals surface area contributed by atoms with Crippen LogP contribution in [0.1, 0.15) is 67.8 Å². The van der Waals surface area contributed by atoms with Crippen molar-refractivity contribution in [1.29, 1.82) is 0 Å². The van der Waals surface area contributed by atoms with Gasteiger partial charge < -0.3 is 10.2 Å². The highest BCUT2D eigenvalue weighted by molar-refractivity contribution is 6.23. The van der Waals surface area contributed by atoms with Crippen molar-refractivity contribution in [3.8, 4) is 0 Å². The van der Waals surface area contributed by atoms with Crippen LogP contribution < -0.4 is 10.2 Å². The summed E-state index contributed by atoms with van der Waals surface area (Å²) in [5.74, 6) is -1.07. The average Bonchev–Trinajstić information content (AvgIpc) is 2.97. The van der Waals surface area contributed by atoms with Gasteiger partial charge >= 0.3 is 0 Å². The number of carbonyl (C=O) groups excluding carboxylic acids is 4. The molecule has 4 amide bonds. The lowest BCUT2D eigenvalue weighted by Crippen LogP contribution is -2.51. The van der Waals surface area contributed by atoms with Crippen LogP contribution in [-0.2, 0) is 14.4 Å². The summed E-state index contributed by atoms with van der Waals surface area (Å²) in [6, 6.07) is 13.1. The molecule has 0 radical (unpaired) electrons. The van der Waals surface area contributed by atoms with Gasteiger partial charge in [-0.15, -0.1) is 0 Å². The molecule has 2 aromatic carbocycles. The molecule has 1 unspecified atom stereocenters. The highest BCUT2D eigenvalue weighted by Crippen LogP contribution is 2.32. The Morgan fingerprint density at radius 3 is 2.21 bits per heavy atom. The van der Waals surface area contributed by atoms with Gasteiger partial charge in [0.15, 0.2) is 0 Å². The van der Waals surface area contributed by atoms with Crippen molar-refractivity contribution >= 4 is 35.0 Å². The van der Waals surface area contributed by atoms with Crippen LogP contribution in [0.4, 0.5) is 11.4 Å². The molecule has 178 valence electrons. The maximum Gasteiger partial charge on any atom is 0.257 e. The molecule has 0 spiro atoms. The summed E-state index contributed by atoms with van der Waals surface area (Å²) in [5, 5.41) is 2.68. The Morgan fingerprint density at radius 1 is 0.941 bits per heavy atom. The summed E-state index contributed by atoms with van der Waals surface area (Å²) in [5.41, 5.74) is 2.45. The van der Waals surface area contributed by atoms with E-state index in [0.29, 0.717) is 16.9 Å². The molecule has 7 nitrogen and oxygen atoms in total. The first-order chi connectivity index (χ1) is 16.4. The largest absolute Gasteiger partial charge is 0.326 e. The average molecular weight is 462 g/mol. The molecule has 2 aliphatic rings. The second kappa shape index (κ2) is 10.2. The van der Waals surface area contributed by atoms with E-state index >= 15 is 0 Å². The van der Waals surface area contributed by atoms with Crippen LogP contribution in [-0.4, -0.2) is 40.6 Å². The van der Waals surface area contributed by atoms with E-state index in [1.807, 2.05) is 25.1 Å². The fraction of sp³-hybridized carbons (Fsp3) is 0.407. The number of aryl methyl sites for hydroxylation is 1. The van der Waals surface area contributed by atoms with E-state index in [9.17, 15) is 19.2 Å². The molecule has 1 N–H and O–H groups in total. The number of hydrogen-bond acceptors (Lipinski definition) is 4. The molecule has 1 aliphatic heterocycles. The summed E-state index contributed by atoms with van der Waals surface area (Å²) in [6.45, 7) is 3.31. The number of amides is 4.